The van der Waals surface area contributed by atoms with Gasteiger partial charge in [-0.05, 0) is 106 Å². The van der Waals surface area contributed by atoms with Crippen LogP contribution in [-0.4, -0.2) is 77.4 Å². The van der Waals surface area contributed by atoms with Gasteiger partial charge in [0.1, 0.15) is 0 Å². The van der Waals surface area contributed by atoms with Gasteiger partial charge in [-0.3, -0.25) is 9.59 Å². The Bertz CT molecular complexity index is 2370. The minimum atomic E-state index is -4.64. The molecule has 4 aliphatic rings. The summed E-state index contributed by atoms with van der Waals surface area (Å²) in [5.41, 5.74) is 6.98. The van der Waals surface area contributed by atoms with Gasteiger partial charge in [0.2, 0.25) is 0 Å². The van der Waals surface area contributed by atoms with Crippen LogP contribution in [0.4, 0.5) is 0 Å². The minimum Gasteiger partial charge on any atom is -0.748 e. The quantitative estimate of drug-likeness (QED) is 0.118. The number of methoxy groups -OCH3 is 1. The van der Waals surface area contributed by atoms with Crippen molar-refractivity contribution in [3.63, 3.8) is 0 Å². The Kier molecular flexibility index (Phi) is 16.2. The second kappa shape index (κ2) is 18.9. The number of aliphatic hydroxyl groups is 1. The maximum absolute atomic E-state index is 13.9. The third kappa shape index (κ3) is 9.86. The van der Waals surface area contributed by atoms with Crippen LogP contribution < -0.4 is 124 Å². The molecule has 1 amide bonds. The summed E-state index contributed by atoms with van der Waals surface area (Å²) >= 11 is 0. The molecule has 0 spiro atoms. The third-order valence-electron chi connectivity index (χ3n) is 9.40. The maximum atomic E-state index is 13.9. The van der Waals surface area contributed by atoms with Crippen LogP contribution in [-0.2, 0) is 29.2 Å². The van der Waals surface area contributed by atoms with E-state index in [-0.39, 0.29) is 144 Å². The molecule has 1 aromatic heterocycles. The number of ether oxygens (including phenoxy) is 1. The molecular weight excluding hydrogens is 769 g/mol. The number of rotatable bonds is 10. The Labute approximate surface area is 398 Å². The molecule has 54 heavy (non-hydrogen) atoms. The summed E-state index contributed by atoms with van der Waals surface area (Å²) in [5.74, 6) is -3.51. The molecule has 0 saturated carbocycles. The number of carbonyl (C=O) groups excluding carboxylic acids is 3. The molecule has 0 radical (unpaired) electrons. The largest absolute Gasteiger partial charge is 1.00 e. The molecule has 0 saturated heterocycles. The molecule has 0 atom stereocenters. The van der Waals surface area contributed by atoms with Crippen LogP contribution in [0.1, 0.15) is 71.6 Å². The van der Waals surface area contributed by atoms with Crippen molar-refractivity contribution in [3.8, 4) is 0 Å². The normalized spacial score (nSPS) is 17.1. The summed E-state index contributed by atoms with van der Waals surface area (Å²) in [6.07, 6.45) is 5.10. The van der Waals surface area contributed by atoms with Crippen LogP contribution in [0, 0.1) is 6.92 Å². The standard InChI is InChI=1S/C37H41N5O9S.2K/c1-8-22-17(2)25-16-30-33(21(6)43)19(4)27(40-30)14-26-18(3)23(9-10-31(44)45)35(41-26)24(13-32(46)51-7)36-34(37(47)38-11-12-52(48,49)50)20(5)28(42-36)15-29(22)39-25;;/h14-16,40,43H,8-13H2,1-7H3,(H,38,47)(H,44,45)(H,48,49,50);;/q;2*+1/p-2/b26-14?,29-15?,30-16?,33-21-,36-24?;;. The molecule has 5 heterocycles. The summed E-state index contributed by atoms with van der Waals surface area (Å²) in [4.78, 5) is 56.8. The Balaban J connectivity index is 0.00000392. The fourth-order valence-corrected chi connectivity index (χ4v) is 7.05. The van der Waals surface area contributed by atoms with Gasteiger partial charge < -0.3 is 34.6 Å². The van der Waals surface area contributed by atoms with E-state index in [1.807, 2.05) is 26.8 Å². The predicted molar refractivity (Wildman–Crippen MR) is 193 cm³/mol. The number of amides is 1. The number of nitrogens with one attached hydrogen (secondary N) is 2. The van der Waals surface area contributed by atoms with Gasteiger partial charge in [0.25, 0.3) is 5.91 Å². The van der Waals surface area contributed by atoms with Gasteiger partial charge in [-0.2, -0.15) is 0 Å². The summed E-state index contributed by atoms with van der Waals surface area (Å²) in [7, 11) is -3.44. The molecule has 0 aliphatic carbocycles. The van der Waals surface area contributed by atoms with Gasteiger partial charge in [-0.15, -0.1) is 0 Å². The number of allylic oxidation sites excluding steroid dienone is 6. The summed E-state index contributed by atoms with van der Waals surface area (Å²) in [6, 6.07) is 0. The number of hydrogen-bond acceptors (Lipinski definition) is 12. The molecule has 14 nitrogen and oxygen atoms in total. The molecule has 8 bridgehead atoms. The van der Waals surface area contributed by atoms with E-state index in [4.69, 9.17) is 19.7 Å². The van der Waals surface area contributed by atoms with Crippen molar-refractivity contribution >= 4 is 63.0 Å². The first-order valence-corrected chi connectivity index (χ1v) is 18.2. The molecule has 274 valence electrons. The van der Waals surface area contributed by atoms with E-state index >= 15 is 0 Å². The van der Waals surface area contributed by atoms with E-state index < -0.39 is 46.7 Å². The second-order valence-electron chi connectivity index (χ2n) is 12.7. The van der Waals surface area contributed by atoms with Crippen LogP contribution in [0.25, 0.3) is 17.9 Å². The van der Waals surface area contributed by atoms with E-state index in [1.165, 1.54) is 7.11 Å². The van der Waals surface area contributed by atoms with Gasteiger partial charge in [0, 0.05) is 29.0 Å². The van der Waals surface area contributed by atoms with Crippen molar-refractivity contribution in [2.45, 2.75) is 67.2 Å². The molecule has 5 rings (SSSR count). The number of nitrogens with zero attached hydrogens (tertiary/aromatic N) is 3. The van der Waals surface area contributed by atoms with Gasteiger partial charge in [0.15, 0.2) is 0 Å². The van der Waals surface area contributed by atoms with Crippen LogP contribution >= 0.6 is 0 Å². The maximum Gasteiger partial charge on any atom is 1.00 e. The van der Waals surface area contributed by atoms with E-state index in [0.29, 0.717) is 62.2 Å². The first-order valence-electron chi connectivity index (χ1n) is 16.6. The number of aromatic amines is 1. The van der Waals surface area contributed by atoms with Gasteiger partial charge in [-0.25, -0.2) is 23.4 Å². The van der Waals surface area contributed by atoms with Gasteiger partial charge >= 0.3 is 109 Å². The molecular formula is C37H39K2N5O9S. The zero-order valence-electron chi connectivity index (χ0n) is 31.9. The Morgan fingerprint density at radius 1 is 0.926 bits per heavy atom. The average Bonchev–Trinajstić information content (AvgIpc) is 3.74. The van der Waals surface area contributed by atoms with Crippen molar-refractivity contribution < 1.29 is 145 Å². The number of aromatic nitrogens is 1. The van der Waals surface area contributed by atoms with Gasteiger partial charge in [-0.1, -0.05) is 6.92 Å². The number of hydrogen-bond donors (Lipinski definition) is 3. The summed E-state index contributed by atoms with van der Waals surface area (Å²) in [5, 5.41) is 26.2. The van der Waals surface area contributed by atoms with Crippen molar-refractivity contribution in [2.75, 3.05) is 19.4 Å². The molecule has 0 unspecified atom stereocenters. The van der Waals surface area contributed by atoms with Crippen molar-refractivity contribution in [3.05, 3.63) is 84.0 Å². The number of fused-ring (bicyclic) bond motifs is 5. The molecule has 1 aromatic rings. The Morgan fingerprint density at radius 2 is 1.59 bits per heavy atom. The van der Waals surface area contributed by atoms with Crippen LogP contribution in [0.2, 0.25) is 0 Å². The Morgan fingerprint density at radius 3 is 2.19 bits per heavy atom. The Hall–Kier alpha value is -2.14. The minimum absolute atomic E-state index is 0. The molecule has 3 N–H and O–H groups in total. The van der Waals surface area contributed by atoms with Crippen molar-refractivity contribution in [1.82, 2.24) is 10.3 Å². The van der Waals surface area contributed by atoms with Gasteiger partial charge in [0.05, 0.1) is 80.3 Å². The second-order valence-corrected chi connectivity index (χ2v) is 14.2. The summed E-state index contributed by atoms with van der Waals surface area (Å²) in [6.45, 7) is 10.3. The molecule has 4 aliphatic heterocycles. The fourth-order valence-electron chi connectivity index (χ4n) is 6.70. The number of carboxylic acids is 1. The number of carboxylic acid groups (broad SMARTS) is 1. The molecule has 17 heteroatoms. The van der Waals surface area contributed by atoms with Crippen molar-refractivity contribution in [1.29, 1.82) is 0 Å². The summed E-state index contributed by atoms with van der Waals surface area (Å²) < 4.78 is 39.1. The monoisotopic (exact) mass is 807 g/mol. The van der Waals surface area contributed by atoms with Crippen LogP contribution in [0.5, 0.6) is 0 Å². The smallest absolute Gasteiger partial charge is 0.748 e. The zero-order chi connectivity index (χ0) is 38.2. The number of esters is 1. The van der Waals surface area contributed by atoms with Crippen LogP contribution in [0.3, 0.4) is 0 Å². The van der Waals surface area contributed by atoms with E-state index in [1.54, 1.807) is 32.9 Å². The first-order chi connectivity index (χ1) is 24.4. The zero-order valence-corrected chi connectivity index (χ0v) is 39.0. The SMILES string of the molecule is CCC1=C(C)C2=NC1=CC1=NC(=C(CC(=O)OC)C3=NC(=Cc4[nH]c(/c(=C(/C)O)c4C)=C2)C(C)=C3CCC(=O)[O-])C(C(=O)NCCS(=O)(=O)[O-])=C1C.[K+].[K+]. The van der Waals surface area contributed by atoms with E-state index in [9.17, 15) is 37.6 Å². The topological polar surface area (TPSA) is 226 Å². The number of H-pyrrole nitrogens is 1. The van der Waals surface area contributed by atoms with Crippen LogP contribution in [0.15, 0.2) is 77.2 Å². The van der Waals surface area contributed by atoms with E-state index in [2.05, 4.69) is 10.3 Å². The number of aliphatic imine (C=N–C) groups is 3. The number of carbonyl (C=O) groups is 3. The average molecular weight is 808 g/mol. The van der Waals surface area contributed by atoms with Crippen molar-refractivity contribution in [2.24, 2.45) is 15.0 Å². The number of aliphatic carboxylic acids is 1. The molecule has 0 fully saturated rings. The van der Waals surface area contributed by atoms with E-state index in [0.717, 1.165) is 16.7 Å². The number of aliphatic hydroxyl groups excluding tert-OH is 1. The fraction of sp³-hybridized carbons (Fsp3) is 0.351. The third-order valence-corrected chi connectivity index (χ3v) is 10.1. The molecule has 0 aromatic carbocycles. The predicted octanol–water partition coefficient (Wildman–Crippen LogP) is -4.23. The first kappa shape index (κ1) is 46.2.